The fourth-order valence-corrected chi connectivity index (χ4v) is 2.73. The molecule has 0 N–H and O–H groups in total. The predicted molar refractivity (Wildman–Crippen MR) is 60.6 cm³/mol. The summed E-state index contributed by atoms with van der Waals surface area (Å²) in [4.78, 5) is 11.7. The lowest BCUT2D eigenvalue weighted by Gasteiger charge is -2.49. The first-order chi connectivity index (χ1) is 9.56. The molecule has 98 valence electrons. The molecule has 3 aliphatic rings. The molecule has 0 aromatic heterocycles. The zero-order valence-corrected chi connectivity index (χ0v) is 10.5. The van der Waals surface area contributed by atoms with Crippen LogP contribution in [0.25, 0.3) is 0 Å². The number of methoxy groups -OCH3 is 1. The van der Waals surface area contributed by atoms with E-state index in [-0.39, 0.29) is 12.2 Å². The van der Waals surface area contributed by atoms with Crippen molar-refractivity contribution in [1.82, 2.24) is 0 Å². The smallest absolute Gasteiger partial charge is 0.336 e. The first kappa shape index (κ1) is 13.6. The maximum atomic E-state index is 11.7. The van der Waals surface area contributed by atoms with Gasteiger partial charge in [0.15, 0.2) is 5.41 Å². The Hall–Kier alpha value is -2.87. The SMILES string of the molecule is COC(=O)C1=CC2COC1C(C#N)(C#N)C2(C#N)C#N. The van der Waals surface area contributed by atoms with Crippen LogP contribution in [-0.4, -0.2) is 25.8 Å². The Morgan fingerprint density at radius 3 is 2.25 bits per heavy atom. The molecule has 1 saturated heterocycles. The van der Waals surface area contributed by atoms with Crippen molar-refractivity contribution < 1.29 is 14.3 Å². The molecule has 0 saturated carbocycles. The van der Waals surface area contributed by atoms with Gasteiger partial charge in [0.1, 0.15) is 6.10 Å². The topological polar surface area (TPSA) is 131 Å². The summed E-state index contributed by atoms with van der Waals surface area (Å²) < 4.78 is 9.94. The molecule has 7 nitrogen and oxygen atoms in total. The molecular weight excluding hydrogens is 260 g/mol. The van der Waals surface area contributed by atoms with E-state index >= 15 is 0 Å². The molecule has 3 rings (SSSR count). The fraction of sp³-hybridized carbons (Fsp3) is 0.462. The number of ether oxygens (including phenoxy) is 2. The lowest BCUT2D eigenvalue weighted by molar-refractivity contribution is -0.145. The number of fused-ring (bicyclic) bond motifs is 2. The number of hydrogen-bond acceptors (Lipinski definition) is 7. The van der Waals surface area contributed by atoms with Crippen molar-refractivity contribution in [1.29, 1.82) is 21.0 Å². The average molecular weight is 268 g/mol. The second-order valence-electron chi connectivity index (χ2n) is 4.50. The Morgan fingerprint density at radius 1 is 1.25 bits per heavy atom. The minimum Gasteiger partial charge on any atom is -0.466 e. The van der Waals surface area contributed by atoms with Gasteiger partial charge in [-0.05, 0) is 0 Å². The van der Waals surface area contributed by atoms with E-state index in [1.165, 1.54) is 6.08 Å². The fourth-order valence-electron chi connectivity index (χ4n) is 2.73. The van der Waals surface area contributed by atoms with E-state index in [4.69, 9.17) is 4.74 Å². The van der Waals surface area contributed by atoms with Crippen LogP contribution in [0, 0.1) is 62.1 Å². The third kappa shape index (κ3) is 1.25. The largest absolute Gasteiger partial charge is 0.466 e. The standard InChI is InChI=1S/C13H8N4O3/c1-19-11(18)9-2-8-3-20-10(9)13(6-16,7-17)12(8,4-14)5-15/h2,8,10H,3H2,1H3. The molecule has 0 aromatic carbocycles. The van der Waals surface area contributed by atoms with Crippen LogP contribution in [0.5, 0.6) is 0 Å². The monoisotopic (exact) mass is 268 g/mol. The van der Waals surface area contributed by atoms with Gasteiger partial charge in [0.05, 0.1) is 43.6 Å². The van der Waals surface area contributed by atoms with Gasteiger partial charge < -0.3 is 9.47 Å². The Kier molecular flexibility index (Phi) is 2.95. The Bertz CT molecular complexity index is 640. The number of carbonyl (C=O) groups excluding carboxylic acids is 1. The molecule has 7 heteroatoms. The first-order valence-corrected chi connectivity index (χ1v) is 5.63. The minimum atomic E-state index is -2.06. The highest BCUT2D eigenvalue weighted by molar-refractivity contribution is 5.91. The van der Waals surface area contributed by atoms with Crippen LogP contribution in [0.2, 0.25) is 0 Å². The van der Waals surface area contributed by atoms with Crippen LogP contribution in [0.4, 0.5) is 0 Å². The van der Waals surface area contributed by atoms with Gasteiger partial charge in [-0.2, -0.15) is 21.0 Å². The van der Waals surface area contributed by atoms with Gasteiger partial charge in [-0.3, -0.25) is 0 Å². The quantitative estimate of drug-likeness (QED) is 0.620. The van der Waals surface area contributed by atoms with E-state index in [1.54, 1.807) is 24.3 Å². The number of nitrogens with zero attached hydrogens (tertiary/aromatic N) is 4. The molecular formula is C13H8N4O3. The molecule has 0 amide bonds. The van der Waals surface area contributed by atoms with E-state index in [2.05, 4.69) is 4.74 Å². The molecule has 2 heterocycles. The van der Waals surface area contributed by atoms with Crippen molar-refractivity contribution >= 4 is 5.97 Å². The molecule has 0 spiro atoms. The van der Waals surface area contributed by atoms with Gasteiger partial charge in [-0.15, -0.1) is 0 Å². The molecule has 2 bridgehead atoms. The molecule has 0 aromatic rings. The summed E-state index contributed by atoms with van der Waals surface area (Å²) in [5.74, 6) is -1.57. The number of esters is 1. The van der Waals surface area contributed by atoms with E-state index in [0.717, 1.165) is 7.11 Å². The first-order valence-electron chi connectivity index (χ1n) is 5.63. The predicted octanol–water partition coefficient (Wildman–Crippen LogP) is 0.182. The van der Waals surface area contributed by atoms with Gasteiger partial charge in [0.2, 0.25) is 5.41 Å². The Morgan fingerprint density at radius 2 is 1.80 bits per heavy atom. The van der Waals surface area contributed by atoms with Crippen molar-refractivity contribution in [2.75, 3.05) is 13.7 Å². The van der Waals surface area contributed by atoms with Crippen molar-refractivity contribution in [2.24, 2.45) is 16.7 Å². The van der Waals surface area contributed by atoms with Crippen LogP contribution in [0.15, 0.2) is 11.6 Å². The van der Waals surface area contributed by atoms with Gasteiger partial charge in [-0.25, -0.2) is 4.79 Å². The van der Waals surface area contributed by atoms with E-state index in [0.29, 0.717) is 0 Å². The van der Waals surface area contributed by atoms with Crippen LogP contribution in [0.1, 0.15) is 0 Å². The van der Waals surface area contributed by atoms with E-state index in [1.807, 2.05) is 0 Å². The second kappa shape index (κ2) is 4.35. The summed E-state index contributed by atoms with van der Waals surface area (Å²) >= 11 is 0. The lowest BCUT2D eigenvalue weighted by Crippen LogP contribution is -2.61. The second-order valence-corrected chi connectivity index (χ2v) is 4.50. The Balaban J connectivity index is 2.75. The molecule has 2 aliphatic heterocycles. The maximum absolute atomic E-state index is 11.7. The van der Waals surface area contributed by atoms with Crippen molar-refractivity contribution in [2.45, 2.75) is 6.10 Å². The molecule has 2 atom stereocenters. The summed E-state index contributed by atoms with van der Waals surface area (Å²) in [6.45, 7) is -0.00259. The van der Waals surface area contributed by atoms with Gasteiger partial charge in [0.25, 0.3) is 0 Å². The number of nitriles is 4. The summed E-state index contributed by atoms with van der Waals surface area (Å²) in [7, 11) is 1.16. The van der Waals surface area contributed by atoms with Crippen LogP contribution in [-0.2, 0) is 14.3 Å². The summed E-state index contributed by atoms with van der Waals surface area (Å²) in [6, 6.07) is 7.01. The highest BCUT2D eigenvalue weighted by Gasteiger charge is 2.70. The molecule has 1 aliphatic carbocycles. The number of hydrogen-bond donors (Lipinski definition) is 0. The lowest BCUT2D eigenvalue weighted by atomic mass is 9.52. The normalized spacial score (nSPS) is 27.9. The third-order valence-corrected chi connectivity index (χ3v) is 3.80. The van der Waals surface area contributed by atoms with Crippen molar-refractivity contribution in [3.8, 4) is 24.3 Å². The summed E-state index contributed by atoms with van der Waals surface area (Å²) in [5, 5.41) is 37.5. The molecule has 20 heavy (non-hydrogen) atoms. The highest BCUT2D eigenvalue weighted by atomic mass is 16.5. The third-order valence-electron chi connectivity index (χ3n) is 3.80. The zero-order chi connectivity index (χ0) is 15.0. The average Bonchev–Trinajstić information content (AvgIpc) is 2.53. The highest BCUT2D eigenvalue weighted by Crippen LogP contribution is 2.56. The van der Waals surface area contributed by atoms with E-state index in [9.17, 15) is 25.8 Å². The van der Waals surface area contributed by atoms with Crippen molar-refractivity contribution in [3.63, 3.8) is 0 Å². The number of rotatable bonds is 1. The molecule has 0 radical (unpaired) electrons. The van der Waals surface area contributed by atoms with Gasteiger partial charge in [-0.1, -0.05) is 6.08 Å². The molecule has 1 fully saturated rings. The summed E-state index contributed by atoms with van der Waals surface area (Å²) in [5.41, 5.74) is -3.91. The summed E-state index contributed by atoms with van der Waals surface area (Å²) in [6.07, 6.45) is 0.133. The van der Waals surface area contributed by atoms with E-state index < -0.39 is 28.8 Å². The van der Waals surface area contributed by atoms with Crippen LogP contribution in [0.3, 0.4) is 0 Å². The number of carbonyl (C=O) groups is 1. The molecule has 2 unspecified atom stereocenters. The zero-order valence-electron chi connectivity index (χ0n) is 10.5. The van der Waals surface area contributed by atoms with Gasteiger partial charge in [0, 0.05) is 5.92 Å². The van der Waals surface area contributed by atoms with Crippen LogP contribution < -0.4 is 0 Å². The van der Waals surface area contributed by atoms with Gasteiger partial charge >= 0.3 is 5.97 Å². The Labute approximate surface area is 114 Å². The van der Waals surface area contributed by atoms with Crippen molar-refractivity contribution in [3.05, 3.63) is 11.6 Å². The maximum Gasteiger partial charge on any atom is 0.336 e. The minimum absolute atomic E-state index is 0.00259. The van der Waals surface area contributed by atoms with Crippen LogP contribution >= 0.6 is 0 Å².